The van der Waals surface area contributed by atoms with Gasteiger partial charge in [-0.05, 0) is 0 Å². The Bertz CT molecular complexity index is 392. The van der Waals surface area contributed by atoms with Gasteiger partial charge in [0, 0.05) is 14.1 Å². The predicted octanol–water partition coefficient (Wildman–Crippen LogP) is -0.370. The van der Waals surface area contributed by atoms with E-state index in [-0.39, 0.29) is 0 Å². The Morgan fingerprint density at radius 1 is 1.29 bits per heavy atom. The molecule has 0 aliphatic carbocycles. The second-order valence-electron chi connectivity index (χ2n) is 3.11. The Morgan fingerprint density at radius 3 is 2.57 bits per heavy atom. The fourth-order valence-electron chi connectivity index (χ4n) is 1.33. The smallest absolute Gasteiger partial charge is 0.139 e. The topological polar surface area (TPSA) is 68.8 Å². The number of aliphatic hydroxyl groups excluding tert-OH is 1. The van der Waals surface area contributed by atoms with Crippen molar-refractivity contribution in [2.45, 2.75) is 6.10 Å². The van der Waals surface area contributed by atoms with Crippen molar-refractivity contribution in [3.63, 3.8) is 0 Å². The van der Waals surface area contributed by atoms with E-state index in [0.29, 0.717) is 5.69 Å². The number of aromatic nitrogens is 5. The average Bonchev–Trinajstić information content (AvgIpc) is 2.73. The van der Waals surface area contributed by atoms with E-state index in [1.54, 1.807) is 24.1 Å². The minimum absolute atomic E-state index is 0.647. The van der Waals surface area contributed by atoms with E-state index in [1.165, 1.54) is 10.9 Å². The quantitative estimate of drug-likeness (QED) is 0.706. The van der Waals surface area contributed by atoms with Gasteiger partial charge in [-0.15, -0.1) is 5.10 Å². The first-order valence-corrected chi connectivity index (χ1v) is 4.19. The molecular weight excluding hydrogens is 182 g/mol. The molecule has 0 amide bonds. The molecule has 0 bridgehead atoms. The molecule has 0 radical (unpaired) electrons. The fraction of sp³-hybridized carbons (Fsp3) is 0.375. The maximum Gasteiger partial charge on any atom is 0.139 e. The molecule has 74 valence electrons. The molecule has 2 aromatic heterocycles. The third-order valence-corrected chi connectivity index (χ3v) is 2.16. The molecule has 1 atom stereocenters. The highest BCUT2D eigenvalue weighted by Gasteiger charge is 2.17. The normalized spacial score (nSPS) is 13.1. The number of rotatable bonds is 2. The van der Waals surface area contributed by atoms with E-state index in [4.69, 9.17) is 0 Å². The van der Waals surface area contributed by atoms with E-state index in [9.17, 15) is 5.11 Å². The van der Waals surface area contributed by atoms with Gasteiger partial charge in [0.1, 0.15) is 6.10 Å². The van der Waals surface area contributed by atoms with Gasteiger partial charge in [-0.3, -0.25) is 0 Å². The average molecular weight is 193 g/mol. The van der Waals surface area contributed by atoms with Crippen LogP contribution in [0.3, 0.4) is 0 Å². The Labute approximate surface area is 80.8 Å². The molecule has 1 unspecified atom stereocenters. The highest BCUT2D eigenvalue weighted by molar-refractivity contribution is 5.15. The van der Waals surface area contributed by atoms with Crippen molar-refractivity contribution in [2.75, 3.05) is 0 Å². The van der Waals surface area contributed by atoms with Crippen LogP contribution in [0.2, 0.25) is 0 Å². The van der Waals surface area contributed by atoms with Crippen LogP contribution in [-0.4, -0.2) is 29.7 Å². The molecule has 2 heterocycles. The van der Waals surface area contributed by atoms with Gasteiger partial charge >= 0.3 is 0 Å². The van der Waals surface area contributed by atoms with Gasteiger partial charge in [0.25, 0.3) is 0 Å². The van der Waals surface area contributed by atoms with Crippen molar-refractivity contribution < 1.29 is 5.11 Å². The first-order chi connectivity index (χ1) is 6.70. The number of hydrogen-bond acceptors (Lipinski definition) is 4. The Balaban J connectivity index is 2.38. The molecule has 1 N–H and O–H groups in total. The van der Waals surface area contributed by atoms with Crippen LogP contribution in [0.5, 0.6) is 0 Å². The van der Waals surface area contributed by atoms with Crippen molar-refractivity contribution in [2.24, 2.45) is 14.1 Å². The van der Waals surface area contributed by atoms with Crippen molar-refractivity contribution in [1.82, 2.24) is 24.5 Å². The second kappa shape index (κ2) is 3.22. The summed E-state index contributed by atoms with van der Waals surface area (Å²) in [6.45, 7) is 0. The summed E-state index contributed by atoms with van der Waals surface area (Å²) in [6.07, 6.45) is 4.07. The lowest BCUT2D eigenvalue weighted by Gasteiger charge is -2.10. The summed E-state index contributed by atoms with van der Waals surface area (Å²) >= 11 is 0. The van der Waals surface area contributed by atoms with E-state index in [2.05, 4.69) is 15.3 Å². The van der Waals surface area contributed by atoms with Crippen LogP contribution >= 0.6 is 0 Å². The maximum atomic E-state index is 9.97. The maximum absolute atomic E-state index is 9.97. The van der Waals surface area contributed by atoms with E-state index >= 15 is 0 Å². The zero-order valence-corrected chi connectivity index (χ0v) is 7.99. The highest BCUT2D eigenvalue weighted by atomic mass is 16.3. The highest BCUT2D eigenvalue weighted by Crippen LogP contribution is 2.18. The third kappa shape index (κ3) is 1.29. The predicted molar refractivity (Wildman–Crippen MR) is 48.3 cm³/mol. The van der Waals surface area contributed by atoms with Crippen molar-refractivity contribution >= 4 is 0 Å². The summed E-state index contributed by atoms with van der Waals surface area (Å²) in [6, 6.07) is 0. The number of nitrogens with zero attached hydrogens (tertiary/aromatic N) is 5. The summed E-state index contributed by atoms with van der Waals surface area (Å²) < 4.78 is 3.30. The lowest BCUT2D eigenvalue weighted by atomic mass is 10.2. The van der Waals surface area contributed by atoms with Gasteiger partial charge in [-0.2, -0.15) is 0 Å². The fourth-order valence-corrected chi connectivity index (χ4v) is 1.33. The van der Waals surface area contributed by atoms with Crippen LogP contribution in [0.25, 0.3) is 0 Å². The minimum Gasteiger partial charge on any atom is -0.380 e. The monoisotopic (exact) mass is 193 g/mol. The summed E-state index contributed by atoms with van der Waals surface area (Å²) in [5, 5.41) is 17.4. The van der Waals surface area contributed by atoms with Gasteiger partial charge in [-0.25, -0.2) is 9.67 Å². The van der Waals surface area contributed by atoms with Gasteiger partial charge in [0.15, 0.2) is 0 Å². The molecule has 0 aliphatic rings. The molecule has 0 fully saturated rings. The van der Waals surface area contributed by atoms with Crippen LogP contribution in [0, 0.1) is 0 Å². The molecule has 6 nitrogen and oxygen atoms in total. The SMILES string of the molecule is Cn1cncc1C(O)c1cnnn1C. The number of imidazole rings is 1. The lowest BCUT2D eigenvalue weighted by Crippen LogP contribution is -2.09. The molecular formula is C8H11N5O. The summed E-state index contributed by atoms with van der Waals surface area (Å²) in [7, 11) is 3.57. The first kappa shape index (κ1) is 8.89. The van der Waals surface area contributed by atoms with Gasteiger partial charge in [0.05, 0.1) is 30.1 Å². The van der Waals surface area contributed by atoms with Crippen molar-refractivity contribution in [3.05, 3.63) is 30.1 Å². The van der Waals surface area contributed by atoms with E-state index in [1.807, 2.05) is 7.05 Å². The molecule has 0 saturated carbocycles. The standard InChI is InChI=1S/C8H11N5O/c1-12-5-9-3-6(12)8(14)7-4-10-11-13(7)2/h3-5,8,14H,1-2H3. The zero-order valence-electron chi connectivity index (χ0n) is 7.99. The molecule has 0 spiro atoms. The number of hydrogen-bond donors (Lipinski definition) is 1. The van der Waals surface area contributed by atoms with Crippen LogP contribution in [0.1, 0.15) is 17.5 Å². The molecule has 0 aromatic carbocycles. The van der Waals surface area contributed by atoms with Crippen LogP contribution in [0.15, 0.2) is 18.7 Å². The van der Waals surface area contributed by atoms with E-state index in [0.717, 1.165) is 5.69 Å². The summed E-state index contributed by atoms with van der Waals surface area (Å²) in [5.41, 5.74) is 1.36. The van der Waals surface area contributed by atoms with E-state index < -0.39 is 6.10 Å². The van der Waals surface area contributed by atoms with Gasteiger partial charge < -0.3 is 9.67 Å². The second-order valence-corrected chi connectivity index (χ2v) is 3.11. The molecule has 2 aromatic rings. The van der Waals surface area contributed by atoms with Crippen LogP contribution in [0.4, 0.5) is 0 Å². The zero-order chi connectivity index (χ0) is 10.1. The first-order valence-electron chi connectivity index (χ1n) is 4.19. The van der Waals surface area contributed by atoms with Crippen LogP contribution < -0.4 is 0 Å². The molecule has 0 aliphatic heterocycles. The molecule has 0 saturated heterocycles. The third-order valence-electron chi connectivity index (χ3n) is 2.16. The van der Waals surface area contributed by atoms with Gasteiger partial charge in [0.2, 0.25) is 0 Å². The lowest BCUT2D eigenvalue weighted by molar-refractivity contribution is 0.201. The van der Waals surface area contributed by atoms with Gasteiger partial charge in [-0.1, -0.05) is 5.21 Å². The van der Waals surface area contributed by atoms with Crippen molar-refractivity contribution in [1.29, 1.82) is 0 Å². The van der Waals surface area contributed by atoms with Crippen LogP contribution in [-0.2, 0) is 14.1 Å². The summed E-state index contributed by atoms with van der Waals surface area (Å²) in [4.78, 5) is 3.94. The Morgan fingerprint density at radius 2 is 2.07 bits per heavy atom. The Hall–Kier alpha value is -1.69. The Kier molecular flexibility index (Phi) is 2.05. The van der Waals surface area contributed by atoms with Crippen molar-refractivity contribution in [3.8, 4) is 0 Å². The number of aryl methyl sites for hydroxylation is 2. The molecule has 6 heteroatoms. The minimum atomic E-state index is -0.734. The molecule has 14 heavy (non-hydrogen) atoms. The molecule has 2 rings (SSSR count). The number of aliphatic hydroxyl groups is 1. The summed E-state index contributed by atoms with van der Waals surface area (Å²) in [5.74, 6) is 0. The largest absolute Gasteiger partial charge is 0.380 e.